The number of nitrogen functional groups attached to an aromatic ring is 1. The molecule has 0 radical (unpaired) electrons. The normalized spacial score (nSPS) is 10.0. The van der Waals surface area contributed by atoms with Crippen LogP contribution in [0, 0.1) is 0 Å². The molecule has 0 aliphatic rings. The molecular formula is C13H18N6O2. The van der Waals surface area contributed by atoms with Crippen LogP contribution in [0.3, 0.4) is 0 Å². The summed E-state index contributed by atoms with van der Waals surface area (Å²) in [5, 5.41) is 3.09. The second kappa shape index (κ2) is 7.25. The fourth-order valence-corrected chi connectivity index (χ4v) is 1.62. The minimum atomic E-state index is 0.220. The summed E-state index contributed by atoms with van der Waals surface area (Å²) >= 11 is 0. The Labute approximate surface area is 122 Å². The minimum absolute atomic E-state index is 0.220. The summed E-state index contributed by atoms with van der Waals surface area (Å²) in [6.07, 6.45) is 0. The molecule has 0 aliphatic carbocycles. The molecule has 0 aliphatic heterocycles. The number of benzene rings is 1. The average molecular weight is 290 g/mol. The fraction of sp³-hybridized carbons (Fsp3) is 0.308. The summed E-state index contributed by atoms with van der Waals surface area (Å²) < 4.78 is 10.4. The Morgan fingerprint density at radius 2 is 1.81 bits per heavy atom. The van der Waals surface area contributed by atoms with Crippen molar-refractivity contribution in [2.24, 2.45) is 5.84 Å². The number of nitrogens with two attached hydrogens (primary N) is 1. The van der Waals surface area contributed by atoms with Crippen LogP contribution in [0.25, 0.3) is 0 Å². The maximum absolute atomic E-state index is 5.32. The molecule has 0 saturated heterocycles. The second-order valence-electron chi connectivity index (χ2n) is 4.04. The summed E-state index contributed by atoms with van der Waals surface area (Å²) in [7, 11) is 1.63. The zero-order chi connectivity index (χ0) is 15.1. The molecule has 0 spiro atoms. The van der Waals surface area contributed by atoms with Crippen LogP contribution in [0.5, 0.6) is 11.8 Å². The quantitative estimate of drug-likeness (QED) is 0.515. The number of methoxy groups -OCH3 is 1. The molecule has 1 heterocycles. The van der Waals surface area contributed by atoms with Crippen LogP contribution in [-0.2, 0) is 6.54 Å². The van der Waals surface area contributed by atoms with Gasteiger partial charge in [-0.1, -0.05) is 12.1 Å². The largest absolute Gasteiger partial charge is 0.497 e. The molecule has 0 bridgehead atoms. The van der Waals surface area contributed by atoms with Gasteiger partial charge >= 0.3 is 6.01 Å². The van der Waals surface area contributed by atoms with Crippen molar-refractivity contribution in [2.75, 3.05) is 24.5 Å². The lowest BCUT2D eigenvalue weighted by Gasteiger charge is -2.09. The summed E-state index contributed by atoms with van der Waals surface area (Å²) in [5.74, 6) is 6.76. The molecule has 112 valence electrons. The van der Waals surface area contributed by atoms with Crippen LogP contribution in [-0.4, -0.2) is 28.7 Å². The van der Waals surface area contributed by atoms with Gasteiger partial charge in [0.05, 0.1) is 13.7 Å². The third-order valence-corrected chi connectivity index (χ3v) is 2.63. The summed E-state index contributed by atoms with van der Waals surface area (Å²) in [4.78, 5) is 12.2. The maximum atomic E-state index is 5.32. The zero-order valence-electron chi connectivity index (χ0n) is 12.0. The Morgan fingerprint density at radius 3 is 2.43 bits per heavy atom. The highest BCUT2D eigenvalue weighted by atomic mass is 16.5. The average Bonchev–Trinajstić information content (AvgIpc) is 2.53. The molecule has 8 nitrogen and oxygen atoms in total. The van der Waals surface area contributed by atoms with Gasteiger partial charge in [0.15, 0.2) is 0 Å². The number of rotatable bonds is 7. The van der Waals surface area contributed by atoms with Crippen molar-refractivity contribution in [1.82, 2.24) is 15.0 Å². The zero-order valence-corrected chi connectivity index (χ0v) is 12.0. The van der Waals surface area contributed by atoms with E-state index in [9.17, 15) is 0 Å². The van der Waals surface area contributed by atoms with E-state index < -0.39 is 0 Å². The van der Waals surface area contributed by atoms with Crippen molar-refractivity contribution in [3.05, 3.63) is 29.8 Å². The molecule has 0 atom stereocenters. The number of ether oxygens (including phenoxy) is 2. The second-order valence-corrected chi connectivity index (χ2v) is 4.04. The van der Waals surface area contributed by atoms with Crippen molar-refractivity contribution in [1.29, 1.82) is 0 Å². The number of hydrogen-bond acceptors (Lipinski definition) is 8. The molecule has 0 saturated carbocycles. The topological polar surface area (TPSA) is 107 Å². The van der Waals surface area contributed by atoms with E-state index in [2.05, 4.69) is 25.7 Å². The minimum Gasteiger partial charge on any atom is -0.497 e. The van der Waals surface area contributed by atoms with Gasteiger partial charge < -0.3 is 14.8 Å². The fourth-order valence-electron chi connectivity index (χ4n) is 1.62. The van der Waals surface area contributed by atoms with Gasteiger partial charge in [-0.25, -0.2) is 5.84 Å². The Morgan fingerprint density at radius 1 is 1.10 bits per heavy atom. The molecule has 1 aromatic carbocycles. The molecule has 0 fully saturated rings. The van der Waals surface area contributed by atoms with Crippen LogP contribution in [0.1, 0.15) is 12.5 Å². The third kappa shape index (κ3) is 4.18. The number of nitrogens with zero attached hydrogens (tertiary/aromatic N) is 3. The van der Waals surface area contributed by atoms with Gasteiger partial charge in [0.1, 0.15) is 5.75 Å². The van der Waals surface area contributed by atoms with Crippen molar-refractivity contribution >= 4 is 11.9 Å². The van der Waals surface area contributed by atoms with E-state index in [0.29, 0.717) is 19.1 Å². The van der Waals surface area contributed by atoms with Crippen LogP contribution in [0.15, 0.2) is 24.3 Å². The number of anilines is 2. The molecule has 0 unspecified atom stereocenters. The van der Waals surface area contributed by atoms with Crippen molar-refractivity contribution < 1.29 is 9.47 Å². The standard InChI is InChI=1S/C13H18N6O2/c1-3-21-13-17-11(16-12(18-13)19-14)15-8-9-4-6-10(20-2)7-5-9/h4-7H,3,8,14H2,1-2H3,(H2,15,16,17,18,19). The van der Waals surface area contributed by atoms with Gasteiger partial charge in [-0.3, -0.25) is 5.43 Å². The van der Waals surface area contributed by atoms with E-state index >= 15 is 0 Å². The van der Waals surface area contributed by atoms with E-state index in [0.717, 1.165) is 11.3 Å². The van der Waals surface area contributed by atoms with Gasteiger partial charge in [0.2, 0.25) is 11.9 Å². The first-order chi connectivity index (χ1) is 10.2. The summed E-state index contributed by atoms with van der Waals surface area (Å²) in [5.41, 5.74) is 3.45. The van der Waals surface area contributed by atoms with Gasteiger partial charge in [-0.2, -0.15) is 15.0 Å². The summed E-state index contributed by atoms with van der Waals surface area (Å²) in [6, 6.07) is 7.92. The van der Waals surface area contributed by atoms with Gasteiger partial charge in [0.25, 0.3) is 0 Å². The van der Waals surface area contributed by atoms with E-state index in [1.807, 2.05) is 31.2 Å². The van der Waals surface area contributed by atoms with E-state index in [-0.39, 0.29) is 12.0 Å². The highest BCUT2D eigenvalue weighted by Crippen LogP contribution is 2.14. The SMILES string of the molecule is CCOc1nc(NN)nc(NCc2ccc(OC)cc2)n1. The van der Waals surface area contributed by atoms with Crippen molar-refractivity contribution in [2.45, 2.75) is 13.5 Å². The maximum Gasteiger partial charge on any atom is 0.323 e. The molecule has 2 aromatic rings. The third-order valence-electron chi connectivity index (χ3n) is 2.63. The van der Waals surface area contributed by atoms with Crippen LogP contribution >= 0.6 is 0 Å². The van der Waals surface area contributed by atoms with Gasteiger partial charge in [-0.15, -0.1) is 0 Å². The highest BCUT2D eigenvalue weighted by molar-refractivity contribution is 5.36. The number of hydrogen-bond donors (Lipinski definition) is 3. The van der Waals surface area contributed by atoms with Gasteiger partial charge in [0, 0.05) is 6.54 Å². The smallest absolute Gasteiger partial charge is 0.323 e. The summed E-state index contributed by atoms with van der Waals surface area (Å²) in [6.45, 7) is 2.87. The molecular weight excluding hydrogens is 272 g/mol. The molecule has 2 rings (SSSR count). The highest BCUT2D eigenvalue weighted by Gasteiger charge is 2.06. The van der Waals surface area contributed by atoms with E-state index in [1.54, 1.807) is 7.11 Å². The van der Waals surface area contributed by atoms with Crippen molar-refractivity contribution in [3.63, 3.8) is 0 Å². The lowest BCUT2D eigenvalue weighted by molar-refractivity contribution is 0.312. The molecule has 21 heavy (non-hydrogen) atoms. The van der Waals surface area contributed by atoms with E-state index in [4.69, 9.17) is 15.3 Å². The Hall–Kier alpha value is -2.61. The van der Waals surface area contributed by atoms with E-state index in [1.165, 1.54) is 0 Å². The van der Waals surface area contributed by atoms with Crippen molar-refractivity contribution in [3.8, 4) is 11.8 Å². The lowest BCUT2D eigenvalue weighted by atomic mass is 10.2. The first-order valence-electron chi connectivity index (χ1n) is 6.47. The first kappa shape index (κ1) is 14.8. The Bertz CT molecular complexity index is 575. The van der Waals surface area contributed by atoms with Crippen LogP contribution in [0.4, 0.5) is 11.9 Å². The molecule has 4 N–H and O–H groups in total. The molecule has 1 aromatic heterocycles. The monoisotopic (exact) mass is 290 g/mol. The number of aromatic nitrogens is 3. The van der Waals surface area contributed by atoms with Crippen LogP contribution < -0.4 is 26.1 Å². The number of nitrogens with one attached hydrogen (secondary N) is 2. The first-order valence-corrected chi connectivity index (χ1v) is 6.47. The predicted octanol–water partition coefficient (Wildman–Crippen LogP) is 1.18. The molecule has 8 heteroatoms. The lowest BCUT2D eigenvalue weighted by Crippen LogP contribution is -2.14. The Kier molecular flexibility index (Phi) is 5.10. The Balaban J connectivity index is 2.05. The van der Waals surface area contributed by atoms with Gasteiger partial charge in [-0.05, 0) is 24.6 Å². The number of hydrazine groups is 1. The molecule has 0 amide bonds. The van der Waals surface area contributed by atoms with Crippen LogP contribution in [0.2, 0.25) is 0 Å². The predicted molar refractivity (Wildman–Crippen MR) is 79.1 cm³/mol.